The van der Waals surface area contributed by atoms with Crippen molar-refractivity contribution < 1.29 is 4.79 Å². The summed E-state index contributed by atoms with van der Waals surface area (Å²) in [7, 11) is 1.82. The van der Waals surface area contributed by atoms with E-state index in [1.807, 2.05) is 48.4 Å². The van der Waals surface area contributed by atoms with Crippen molar-refractivity contribution in [2.45, 2.75) is 32.7 Å². The molecule has 24 heavy (non-hydrogen) atoms. The molecule has 126 valence electrons. The first-order valence-corrected chi connectivity index (χ1v) is 8.77. The normalized spacial score (nSPS) is 12.5. The van der Waals surface area contributed by atoms with Crippen LogP contribution in [0, 0.1) is 0 Å². The first kappa shape index (κ1) is 16.4. The Kier molecular flexibility index (Phi) is 4.53. The number of amides is 1. The van der Waals surface area contributed by atoms with Gasteiger partial charge in [0.2, 0.25) is 0 Å². The highest BCUT2D eigenvalue weighted by atomic mass is 32.1. The Hall–Kier alpha value is -2.41. The van der Waals surface area contributed by atoms with E-state index in [1.54, 1.807) is 22.2 Å². The molecule has 1 amide bonds. The van der Waals surface area contributed by atoms with E-state index in [1.165, 1.54) is 0 Å². The van der Waals surface area contributed by atoms with Crippen LogP contribution >= 0.6 is 11.3 Å². The van der Waals surface area contributed by atoms with E-state index in [0.717, 1.165) is 16.5 Å². The minimum Gasteiger partial charge on any atom is -0.344 e. The number of nitrogens with zero attached hydrogens (tertiary/aromatic N) is 4. The molecule has 3 aromatic rings. The molecule has 0 fully saturated rings. The lowest BCUT2D eigenvalue weighted by molar-refractivity contribution is 0.0939. The van der Waals surface area contributed by atoms with Crippen LogP contribution in [-0.4, -0.2) is 25.2 Å². The van der Waals surface area contributed by atoms with Gasteiger partial charge in [0.25, 0.3) is 5.91 Å². The highest BCUT2D eigenvalue weighted by Crippen LogP contribution is 2.23. The number of aromatic nitrogens is 4. The van der Waals surface area contributed by atoms with E-state index in [9.17, 15) is 4.79 Å². The maximum absolute atomic E-state index is 12.7. The van der Waals surface area contributed by atoms with Gasteiger partial charge in [0.15, 0.2) is 0 Å². The third kappa shape index (κ3) is 3.12. The molecule has 7 heteroatoms. The molecule has 3 heterocycles. The molecule has 0 aromatic carbocycles. The SMILES string of the molecule is CC(C)c1nc([C@H](C)NC(=O)c2cnn(C)c2-n2cccc2)cs1. The van der Waals surface area contributed by atoms with Crippen LogP contribution in [0.25, 0.3) is 5.82 Å². The zero-order valence-corrected chi connectivity index (χ0v) is 15.0. The van der Waals surface area contributed by atoms with E-state index >= 15 is 0 Å². The highest BCUT2D eigenvalue weighted by Gasteiger charge is 2.20. The summed E-state index contributed by atoms with van der Waals surface area (Å²) < 4.78 is 3.57. The molecule has 0 saturated heterocycles. The zero-order valence-electron chi connectivity index (χ0n) is 14.2. The number of rotatable bonds is 5. The molecule has 0 radical (unpaired) electrons. The van der Waals surface area contributed by atoms with Crippen LogP contribution in [0.15, 0.2) is 36.1 Å². The predicted molar refractivity (Wildman–Crippen MR) is 94.6 cm³/mol. The van der Waals surface area contributed by atoms with Crippen LogP contribution in [0.4, 0.5) is 0 Å². The van der Waals surface area contributed by atoms with E-state index in [-0.39, 0.29) is 11.9 Å². The van der Waals surface area contributed by atoms with Crippen molar-refractivity contribution in [2.24, 2.45) is 7.05 Å². The second-order valence-electron chi connectivity index (χ2n) is 6.06. The van der Waals surface area contributed by atoms with Crippen LogP contribution in [0.2, 0.25) is 0 Å². The smallest absolute Gasteiger partial charge is 0.257 e. The summed E-state index contributed by atoms with van der Waals surface area (Å²) in [6, 6.07) is 3.68. The van der Waals surface area contributed by atoms with Crippen LogP contribution in [-0.2, 0) is 7.05 Å². The lowest BCUT2D eigenvalue weighted by Gasteiger charge is -2.13. The first-order valence-electron chi connectivity index (χ1n) is 7.89. The highest BCUT2D eigenvalue weighted by molar-refractivity contribution is 7.09. The Labute approximate surface area is 145 Å². The van der Waals surface area contributed by atoms with Crippen LogP contribution in [0.5, 0.6) is 0 Å². The van der Waals surface area contributed by atoms with Gasteiger partial charge in [-0.2, -0.15) is 5.10 Å². The molecule has 0 unspecified atom stereocenters. The number of carbonyl (C=O) groups excluding carboxylic acids is 1. The van der Waals surface area contributed by atoms with Gasteiger partial charge in [-0.1, -0.05) is 13.8 Å². The zero-order chi connectivity index (χ0) is 17.3. The lowest BCUT2D eigenvalue weighted by atomic mass is 10.2. The van der Waals surface area contributed by atoms with Gasteiger partial charge in [-0.25, -0.2) is 4.98 Å². The van der Waals surface area contributed by atoms with E-state index in [4.69, 9.17) is 0 Å². The van der Waals surface area contributed by atoms with Gasteiger partial charge in [0, 0.05) is 30.7 Å². The molecule has 1 N–H and O–H groups in total. The number of hydrogen-bond acceptors (Lipinski definition) is 4. The Morgan fingerprint density at radius 2 is 1.96 bits per heavy atom. The molecular weight excluding hydrogens is 322 g/mol. The van der Waals surface area contributed by atoms with E-state index in [2.05, 4.69) is 29.2 Å². The monoisotopic (exact) mass is 343 g/mol. The fraction of sp³-hybridized carbons (Fsp3) is 0.353. The molecule has 0 aliphatic rings. The largest absolute Gasteiger partial charge is 0.344 e. The summed E-state index contributed by atoms with van der Waals surface area (Å²) >= 11 is 1.63. The average Bonchev–Trinajstić information content (AvgIpc) is 3.27. The first-order chi connectivity index (χ1) is 11.5. The predicted octanol–water partition coefficient (Wildman–Crippen LogP) is 3.28. The molecule has 0 aliphatic carbocycles. The second-order valence-corrected chi connectivity index (χ2v) is 6.95. The molecule has 0 saturated carbocycles. The Morgan fingerprint density at radius 3 is 2.58 bits per heavy atom. The maximum atomic E-state index is 12.7. The Bertz CT molecular complexity index is 831. The second kappa shape index (κ2) is 6.60. The van der Waals surface area contributed by atoms with Crippen LogP contribution < -0.4 is 5.32 Å². The quantitative estimate of drug-likeness (QED) is 0.773. The molecule has 3 rings (SSSR count). The molecule has 0 aliphatic heterocycles. The summed E-state index contributed by atoms with van der Waals surface area (Å²) in [6.07, 6.45) is 5.39. The number of aryl methyl sites for hydroxylation is 1. The van der Waals surface area contributed by atoms with Crippen molar-refractivity contribution in [1.82, 2.24) is 24.6 Å². The summed E-state index contributed by atoms with van der Waals surface area (Å²) in [5, 5.41) is 10.3. The maximum Gasteiger partial charge on any atom is 0.257 e. The fourth-order valence-electron chi connectivity index (χ4n) is 2.49. The number of thiazole rings is 1. The van der Waals surface area contributed by atoms with E-state index in [0.29, 0.717) is 11.5 Å². The van der Waals surface area contributed by atoms with Crippen molar-refractivity contribution in [3.63, 3.8) is 0 Å². The summed E-state index contributed by atoms with van der Waals surface area (Å²) in [4.78, 5) is 17.3. The topological polar surface area (TPSA) is 64.7 Å². The van der Waals surface area contributed by atoms with Gasteiger partial charge < -0.3 is 9.88 Å². The third-order valence-corrected chi connectivity index (χ3v) is 4.99. The minimum absolute atomic E-state index is 0.154. The van der Waals surface area contributed by atoms with Crippen molar-refractivity contribution in [2.75, 3.05) is 0 Å². The summed E-state index contributed by atoms with van der Waals surface area (Å²) in [5.74, 6) is 0.981. The van der Waals surface area contributed by atoms with Crippen LogP contribution in [0.3, 0.4) is 0 Å². The fourth-order valence-corrected chi connectivity index (χ4v) is 3.41. The number of hydrogen-bond donors (Lipinski definition) is 1. The van der Waals surface area contributed by atoms with Crippen LogP contribution in [0.1, 0.15) is 53.8 Å². The van der Waals surface area contributed by atoms with Gasteiger partial charge >= 0.3 is 0 Å². The Balaban J connectivity index is 1.80. The third-order valence-electron chi connectivity index (χ3n) is 3.83. The minimum atomic E-state index is -0.154. The van der Waals surface area contributed by atoms with Crippen molar-refractivity contribution in [3.8, 4) is 5.82 Å². The van der Waals surface area contributed by atoms with Gasteiger partial charge in [0.1, 0.15) is 11.4 Å². The van der Waals surface area contributed by atoms with Crippen molar-refractivity contribution >= 4 is 17.2 Å². The lowest BCUT2D eigenvalue weighted by Crippen LogP contribution is -2.27. The molecule has 0 spiro atoms. The average molecular weight is 343 g/mol. The molecule has 0 bridgehead atoms. The van der Waals surface area contributed by atoms with E-state index < -0.39 is 0 Å². The standard InChI is InChI=1S/C17H21N5OS/c1-11(2)16-20-14(10-24-16)12(3)19-15(23)13-9-18-21(4)17(13)22-7-5-6-8-22/h5-12H,1-4H3,(H,19,23)/t12-/m0/s1. The molecule has 6 nitrogen and oxygen atoms in total. The van der Waals surface area contributed by atoms with Gasteiger partial charge in [-0.05, 0) is 19.1 Å². The van der Waals surface area contributed by atoms with Gasteiger partial charge in [-0.15, -0.1) is 11.3 Å². The molecule has 3 aromatic heterocycles. The van der Waals surface area contributed by atoms with Crippen molar-refractivity contribution in [3.05, 3.63) is 52.4 Å². The number of nitrogens with one attached hydrogen (secondary N) is 1. The van der Waals surface area contributed by atoms with Crippen molar-refractivity contribution in [1.29, 1.82) is 0 Å². The van der Waals surface area contributed by atoms with Gasteiger partial charge in [0.05, 0.1) is 22.9 Å². The van der Waals surface area contributed by atoms with Gasteiger partial charge in [-0.3, -0.25) is 9.48 Å². The number of carbonyl (C=O) groups is 1. The Morgan fingerprint density at radius 1 is 1.25 bits per heavy atom. The summed E-state index contributed by atoms with van der Waals surface area (Å²) in [5.41, 5.74) is 1.43. The molecule has 1 atom stereocenters. The summed E-state index contributed by atoms with van der Waals surface area (Å²) in [6.45, 7) is 6.18. The molecular formula is C17H21N5OS.